The molecule has 0 radical (unpaired) electrons. The van der Waals surface area contributed by atoms with Crippen LogP contribution in [0.1, 0.15) is 21.5 Å². The van der Waals surface area contributed by atoms with Crippen LogP contribution in [0.2, 0.25) is 0 Å². The van der Waals surface area contributed by atoms with E-state index in [2.05, 4.69) is 0 Å². The van der Waals surface area contributed by atoms with Gasteiger partial charge in [-0.25, -0.2) is 4.79 Å². The lowest BCUT2D eigenvalue weighted by Crippen LogP contribution is -2.22. The third-order valence-corrected chi connectivity index (χ3v) is 4.50. The molecule has 3 nitrogen and oxygen atoms in total. The first-order valence-corrected chi connectivity index (χ1v) is 7.11. The second-order valence-electron chi connectivity index (χ2n) is 4.79. The Morgan fingerprint density at radius 2 is 1.67 bits per heavy atom. The molecule has 2 aromatic carbocycles. The number of thiocarbonyl (C=S) groups is 2. The van der Waals surface area contributed by atoms with E-state index in [-0.39, 0.29) is 5.56 Å². The molecule has 0 spiro atoms. The van der Waals surface area contributed by atoms with Crippen molar-refractivity contribution in [1.29, 1.82) is 0 Å². The van der Waals surface area contributed by atoms with Crippen LogP contribution in [-0.4, -0.2) is 33.0 Å². The highest BCUT2D eigenvalue weighted by Crippen LogP contribution is 2.34. The van der Waals surface area contributed by atoms with E-state index in [0.717, 1.165) is 22.3 Å². The van der Waals surface area contributed by atoms with Gasteiger partial charge in [0, 0.05) is 18.2 Å². The lowest BCUT2D eigenvalue weighted by molar-refractivity contribution is 0.0697. The molecule has 1 heterocycles. The average Bonchev–Trinajstić information content (AvgIpc) is 2.72. The molecule has 3 rings (SSSR count). The summed E-state index contributed by atoms with van der Waals surface area (Å²) in [4.78, 5) is 14.3. The molecule has 0 amide bonds. The van der Waals surface area contributed by atoms with Gasteiger partial charge in [-0.15, -0.1) is 0 Å². The quantitative estimate of drug-likeness (QED) is 0.861. The maximum absolute atomic E-state index is 11.4. The van der Waals surface area contributed by atoms with Crippen LogP contribution < -0.4 is 0 Å². The molecule has 0 atom stereocenters. The van der Waals surface area contributed by atoms with Gasteiger partial charge in [0.2, 0.25) is 0 Å². The van der Waals surface area contributed by atoms with Crippen molar-refractivity contribution in [2.45, 2.75) is 0 Å². The lowest BCUT2D eigenvalue weighted by atomic mass is 9.94. The number of benzene rings is 2. The summed E-state index contributed by atoms with van der Waals surface area (Å²) in [5.41, 5.74) is 3.51. The van der Waals surface area contributed by atoms with Crippen LogP contribution in [0.15, 0.2) is 42.5 Å². The Labute approximate surface area is 132 Å². The second-order valence-corrected chi connectivity index (χ2v) is 5.56. The minimum Gasteiger partial charge on any atom is -0.478 e. The van der Waals surface area contributed by atoms with Gasteiger partial charge in [0.1, 0.15) is 9.98 Å². The highest BCUT2D eigenvalue weighted by Gasteiger charge is 2.30. The van der Waals surface area contributed by atoms with Gasteiger partial charge < -0.3 is 10.0 Å². The van der Waals surface area contributed by atoms with Crippen LogP contribution in [0.25, 0.3) is 11.1 Å². The number of carboxylic acid groups (broad SMARTS) is 1. The van der Waals surface area contributed by atoms with E-state index in [0.29, 0.717) is 9.98 Å². The molecule has 0 saturated heterocycles. The first kappa shape index (κ1) is 13.9. The van der Waals surface area contributed by atoms with E-state index in [1.807, 2.05) is 30.3 Å². The van der Waals surface area contributed by atoms with Crippen LogP contribution >= 0.6 is 24.4 Å². The Balaban J connectivity index is 2.35. The van der Waals surface area contributed by atoms with Crippen molar-refractivity contribution in [1.82, 2.24) is 4.90 Å². The lowest BCUT2D eigenvalue weighted by Gasteiger charge is -2.11. The normalized spacial score (nSPS) is 13.5. The Kier molecular flexibility index (Phi) is 3.31. The highest BCUT2D eigenvalue weighted by atomic mass is 32.1. The summed E-state index contributed by atoms with van der Waals surface area (Å²) in [6.45, 7) is 0. The van der Waals surface area contributed by atoms with Gasteiger partial charge in [-0.1, -0.05) is 54.8 Å². The Morgan fingerprint density at radius 1 is 1.05 bits per heavy atom. The minimum absolute atomic E-state index is 0.216. The molecule has 1 aliphatic heterocycles. The summed E-state index contributed by atoms with van der Waals surface area (Å²) in [6, 6.07) is 12.9. The molecule has 0 aromatic heterocycles. The fraction of sp³-hybridized carbons (Fsp3) is 0.0625. The van der Waals surface area contributed by atoms with E-state index in [4.69, 9.17) is 24.4 Å². The van der Waals surface area contributed by atoms with E-state index in [9.17, 15) is 9.90 Å². The van der Waals surface area contributed by atoms with Crippen LogP contribution in [0.5, 0.6) is 0 Å². The first-order valence-electron chi connectivity index (χ1n) is 6.30. The van der Waals surface area contributed by atoms with Gasteiger partial charge in [-0.3, -0.25) is 0 Å². The van der Waals surface area contributed by atoms with E-state index >= 15 is 0 Å². The highest BCUT2D eigenvalue weighted by molar-refractivity contribution is 7.82. The fourth-order valence-corrected chi connectivity index (χ4v) is 3.07. The van der Waals surface area contributed by atoms with Crippen LogP contribution in [0, 0.1) is 0 Å². The van der Waals surface area contributed by atoms with Crippen LogP contribution in [0.4, 0.5) is 0 Å². The zero-order valence-corrected chi connectivity index (χ0v) is 12.8. The molecule has 1 N–H and O–H groups in total. The zero-order chi connectivity index (χ0) is 15.1. The Bertz CT molecular complexity index is 784. The van der Waals surface area contributed by atoms with Crippen molar-refractivity contribution in [3.63, 3.8) is 0 Å². The monoisotopic (exact) mass is 313 g/mol. The van der Waals surface area contributed by atoms with Crippen molar-refractivity contribution >= 4 is 40.4 Å². The fourth-order valence-electron chi connectivity index (χ4n) is 2.45. The van der Waals surface area contributed by atoms with Crippen molar-refractivity contribution in [2.24, 2.45) is 0 Å². The van der Waals surface area contributed by atoms with E-state index in [1.165, 1.54) is 0 Å². The number of nitrogens with zero attached hydrogens (tertiary/aromatic N) is 1. The van der Waals surface area contributed by atoms with Crippen LogP contribution in [0.3, 0.4) is 0 Å². The number of carboxylic acids is 1. The molecule has 0 bridgehead atoms. The predicted molar refractivity (Wildman–Crippen MR) is 90.0 cm³/mol. The second kappa shape index (κ2) is 5.02. The smallest absolute Gasteiger partial charge is 0.335 e. The third kappa shape index (κ3) is 2.14. The maximum atomic E-state index is 11.4. The predicted octanol–water partition coefficient (Wildman–Crippen LogP) is 3.35. The molecule has 1 aliphatic rings. The van der Waals surface area contributed by atoms with Crippen molar-refractivity contribution in [3.8, 4) is 11.1 Å². The SMILES string of the molecule is CN1C(=S)c2cc(C(=O)O)cc(-c3ccccc3)c2C1=S. The molecule has 104 valence electrons. The number of hydrogen-bond donors (Lipinski definition) is 1. The number of hydrogen-bond acceptors (Lipinski definition) is 3. The molecular formula is C16H11NO2S2. The molecule has 2 aromatic rings. The molecule has 0 unspecified atom stereocenters. The standard InChI is InChI=1S/C16H11NO2S2/c1-17-14(20)12-8-10(16(18)19)7-11(13(12)15(17)21)9-5-3-2-4-6-9/h2-8H,1H3,(H,18,19). The largest absolute Gasteiger partial charge is 0.478 e. The van der Waals surface area contributed by atoms with Crippen molar-refractivity contribution in [3.05, 3.63) is 59.2 Å². The summed E-state index contributed by atoms with van der Waals surface area (Å²) in [6.07, 6.45) is 0. The van der Waals surface area contributed by atoms with Gasteiger partial charge in [-0.2, -0.15) is 0 Å². The Hall–Kier alpha value is -2.11. The summed E-state index contributed by atoms with van der Waals surface area (Å²) < 4.78 is 0. The summed E-state index contributed by atoms with van der Waals surface area (Å²) in [5, 5.41) is 9.32. The molecular weight excluding hydrogens is 302 g/mol. The summed E-state index contributed by atoms with van der Waals surface area (Å²) >= 11 is 10.8. The van der Waals surface area contributed by atoms with Gasteiger partial charge in [0.05, 0.1) is 5.56 Å². The van der Waals surface area contributed by atoms with E-state index in [1.54, 1.807) is 24.1 Å². The van der Waals surface area contributed by atoms with Gasteiger partial charge in [0.25, 0.3) is 0 Å². The van der Waals surface area contributed by atoms with Gasteiger partial charge in [0.15, 0.2) is 0 Å². The van der Waals surface area contributed by atoms with Gasteiger partial charge >= 0.3 is 5.97 Å². The topological polar surface area (TPSA) is 40.5 Å². The number of rotatable bonds is 2. The maximum Gasteiger partial charge on any atom is 0.335 e. The number of fused-ring (bicyclic) bond motifs is 1. The average molecular weight is 313 g/mol. The molecule has 0 saturated carbocycles. The minimum atomic E-state index is -0.974. The van der Waals surface area contributed by atoms with Gasteiger partial charge in [-0.05, 0) is 23.3 Å². The molecule has 0 fully saturated rings. The molecule has 5 heteroatoms. The van der Waals surface area contributed by atoms with E-state index < -0.39 is 5.97 Å². The van der Waals surface area contributed by atoms with Crippen molar-refractivity contribution in [2.75, 3.05) is 7.05 Å². The first-order chi connectivity index (χ1) is 10.0. The number of carbonyl (C=O) groups is 1. The summed E-state index contributed by atoms with van der Waals surface area (Å²) in [7, 11) is 1.81. The van der Waals surface area contributed by atoms with Crippen LogP contribution in [-0.2, 0) is 0 Å². The zero-order valence-electron chi connectivity index (χ0n) is 11.2. The Morgan fingerprint density at radius 3 is 2.29 bits per heavy atom. The summed E-state index contributed by atoms with van der Waals surface area (Å²) in [5.74, 6) is -0.974. The van der Waals surface area contributed by atoms with Crippen molar-refractivity contribution < 1.29 is 9.90 Å². The third-order valence-electron chi connectivity index (χ3n) is 3.52. The number of aromatic carboxylic acids is 1. The molecule has 0 aliphatic carbocycles. The molecule has 21 heavy (non-hydrogen) atoms.